The van der Waals surface area contributed by atoms with Crippen molar-refractivity contribution in [1.82, 2.24) is 9.88 Å². The predicted octanol–water partition coefficient (Wildman–Crippen LogP) is 1.69. The maximum absolute atomic E-state index is 15.5. The third-order valence-corrected chi connectivity index (χ3v) is 5.19. The third kappa shape index (κ3) is 2.82. The molecule has 0 radical (unpaired) electrons. The molecule has 0 spiro atoms. The molecule has 27 heavy (non-hydrogen) atoms. The maximum atomic E-state index is 15.5. The van der Waals surface area contributed by atoms with Crippen LogP contribution >= 0.6 is 0 Å². The maximum Gasteiger partial charge on any atom is 0.341 e. The predicted molar refractivity (Wildman–Crippen MR) is 97.5 cm³/mol. The Balaban J connectivity index is 2.06. The summed E-state index contributed by atoms with van der Waals surface area (Å²) in [6.45, 7) is 2.17. The van der Waals surface area contributed by atoms with E-state index >= 15 is 8.78 Å². The van der Waals surface area contributed by atoms with Gasteiger partial charge in [-0.2, -0.15) is 0 Å². The van der Waals surface area contributed by atoms with Crippen LogP contribution < -0.4 is 21.4 Å². The highest BCUT2D eigenvalue weighted by molar-refractivity contribution is 5.99. The van der Waals surface area contributed by atoms with Gasteiger partial charge in [0.1, 0.15) is 11.3 Å². The number of carbonyl (C=O) groups is 1. The van der Waals surface area contributed by atoms with Crippen LogP contribution in [0.15, 0.2) is 11.0 Å². The number of hydrogen-bond donors (Lipinski definition) is 3. The van der Waals surface area contributed by atoms with Crippen LogP contribution in [-0.4, -0.2) is 41.8 Å². The molecule has 2 heterocycles. The van der Waals surface area contributed by atoms with Crippen molar-refractivity contribution in [1.29, 1.82) is 0 Å². The highest BCUT2D eigenvalue weighted by Gasteiger charge is 2.32. The molecule has 1 aromatic carbocycles. The quantitative estimate of drug-likeness (QED) is 0.703. The molecule has 1 aromatic heterocycles. The number of anilines is 2. The van der Waals surface area contributed by atoms with Gasteiger partial charge in [0.15, 0.2) is 11.6 Å². The molecule has 2 aromatic rings. The van der Waals surface area contributed by atoms with Gasteiger partial charge in [-0.3, -0.25) is 4.79 Å². The van der Waals surface area contributed by atoms with Crippen LogP contribution in [0.3, 0.4) is 0 Å². The van der Waals surface area contributed by atoms with E-state index in [1.807, 2.05) is 0 Å². The van der Waals surface area contributed by atoms with Crippen LogP contribution in [0.2, 0.25) is 0 Å². The van der Waals surface area contributed by atoms with Crippen LogP contribution in [0.4, 0.5) is 20.2 Å². The second-order valence-electron chi connectivity index (χ2n) is 7.02. The molecular formula is C18H20F2N4O3. The molecule has 9 heteroatoms. The van der Waals surface area contributed by atoms with E-state index in [1.165, 1.54) is 4.57 Å². The lowest BCUT2D eigenvalue weighted by molar-refractivity contribution is 0.0695. The number of rotatable bonds is 3. The summed E-state index contributed by atoms with van der Waals surface area (Å²) in [7, 11) is 0. The number of nitrogens with zero attached hydrogens (tertiary/aromatic N) is 2. The fourth-order valence-electron chi connectivity index (χ4n) is 3.69. The molecule has 0 atom stereocenters. The van der Waals surface area contributed by atoms with Gasteiger partial charge < -0.3 is 25.6 Å². The van der Waals surface area contributed by atoms with Crippen molar-refractivity contribution in [3.8, 4) is 0 Å². The normalized spacial score (nSPS) is 17.9. The largest absolute Gasteiger partial charge is 0.477 e. The Hall–Kier alpha value is -2.68. The lowest BCUT2D eigenvalue weighted by Crippen LogP contribution is -2.31. The fourth-order valence-corrected chi connectivity index (χ4v) is 3.69. The molecule has 0 bridgehead atoms. The van der Waals surface area contributed by atoms with Crippen molar-refractivity contribution in [3.63, 3.8) is 0 Å². The number of aromatic nitrogens is 1. The summed E-state index contributed by atoms with van der Waals surface area (Å²) in [5.74, 6) is -3.32. The average molecular weight is 378 g/mol. The van der Waals surface area contributed by atoms with Crippen LogP contribution in [0.1, 0.15) is 35.7 Å². The molecule has 1 saturated heterocycles. The van der Waals surface area contributed by atoms with E-state index < -0.39 is 39.7 Å². The van der Waals surface area contributed by atoms with Crippen LogP contribution in [0.25, 0.3) is 10.9 Å². The van der Waals surface area contributed by atoms with E-state index in [-0.39, 0.29) is 17.2 Å². The monoisotopic (exact) mass is 378 g/mol. The van der Waals surface area contributed by atoms with Crippen molar-refractivity contribution in [3.05, 3.63) is 33.6 Å². The van der Waals surface area contributed by atoms with Gasteiger partial charge in [-0.05, 0) is 25.8 Å². The van der Waals surface area contributed by atoms with Crippen molar-refractivity contribution in [2.24, 2.45) is 0 Å². The molecule has 4 N–H and O–H groups in total. The first kappa shape index (κ1) is 17.7. The first-order valence-corrected chi connectivity index (χ1v) is 8.96. The Morgan fingerprint density at radius 2 is 1.96 bits per heavy atom. The number of nitrogens with one attached hydrogen (secondary N) is 1. The topological polar surface area (TPSA) is 101 Å². The minimum Gasteiger partial charge on any atom is -0.477 e. The van der Waals surface area contributed by atoms with Gasteiger partial charge in [0.05, 0.1) is 16.6 Å². The number of aromatic carboxylic acids is 1. The first-order valence-electron chi connectivity index (χ1n) is 8.96. The number of nitrogen functional groups attached to an aromatic ring is 1. The number of halogens is 2. The summed E-state index contributed by atoms with van der Waals surface area (Å²) in [5.41, 5.74) is 3.54. The lowest BCUT2D eigenvalue weighted by Gasteiger charge is -2.26. The molecular weight excluding hydrogens is 358 g/mol. The zero-order valence-corrected chi connectivity index (χ0v) is 14.6. The average Bonchev–Trinajstić information content (AvgIpc) is 3.46. The van der Waals surface area contributed by atoms with E-state index in [2.05, 4.69) is 5.32 Å². The third-order valence-electron chi connectivity index (χ3n) is 5.19. The minimum atomic E-state index is -1.45. The van der Waals surface area contributed by atoms with E-state index in [1.54, 1.807) is 4.90 Å². The Morgan fingerprint density at radius 3 is 2.63 bits per heavy atom. The van der Waals surface area contributed by atoms with Gasteiger partial charge >= 0.3 is 5.97 Å². The van der Waals surface area contributed by atoms with Gasteiger partial charge in [0.2, 0.25) is 5.43 Å². The summed E-state index contributed by atoms with van der Waals surface area (Å²) in [6.07, 6.45) is 3.33. The van der Waals surface area contributed by atoms with Gasteiger partial charge in [0, 0.05) is 31.9 Å². The zero-order valence-electron chi connectivity index (χ0n) is 14.6. The fraction of sp³-hybridized carbons (Fsp3) is 0.444. The standard InChI is InChI=1S/C18H20F2N4O3/c19-12-14(21)11-15(13(20)16(12)23-6-1-4-22-5-7-23)24(9-2-3-9)8-10(17(11)25)18(26)27/h8-9,22H,1-7,21H2,(H,26,27). The Kier molecular flexibility index (Phi) is 4.26. The SMILES string of the molecule is Nc1c(F)c(N2CCCNCC2)c(F)c2c1c(=O)c(C(=O)O)cn2C1CC1. The Bertz CT molecular complexity index is 993. The number of fused-ring (bicyclic) bond motifs is 1. The van der Waals surface area contributed by atoms with Crippen molar-refractivity contribution < 1.29 is 18.7 Å². The molecule has 1 aliphatic heterocycles. The van der Waals surface area contributed by atoms with Crippen LogP contribution in [-0.2, 0) is 0 Å². The summed E-state index contributed by atoms with van der Waals surface area (Å²) >= 11 is 0. The van der Waals surface area contributed by atoms with E-state index in [0.29, 0.717) is 26.1 Å². The smallest absolute Gasteiger partial charge is 0.341 e. The molecule has 7 nitrogen and oxygen atoms in total. The van der Waals surface area contributed by atoms with Crippen LogP contribution in [0.5, 0.6) is 0 Å². The van der Waals surface area contributed by atoms with Crippen molar-refractivity contribution >= 4 is 28.2 Å². The molecule has 0 amide bonds. The number of pyridine rings is 1. The molecule has 2 aliphatic rings. The van der Waals surface area contributed by atoms with E-state index in [9.17, 15) is 14.7 Å². The number of benzene rings is 1. The van der Waals surface area contributed by atoms with Crippen molar-refractivity contribution in [2.45, 2.75) is 25.3 Å². The minimum absolute atomic E-state index is 0.112. The van der Waals surface area contributed by atoms with Gasteiger partial charge in [0.25, 0.3) is 0 Å². The highest BCUT2D eigenvalue weighted by Crippen LogP contribution is 2.41. The second-order valence-corrected chi connectivity index (χ2v) is 7.02. The van der Waals surface area contributed by atoms with Crippen LogP contribution in [0, 0.1) is 11.6 Å². The number of hydrogen-bond acceptors (Lipinski definition) is 5. The first-order chi connectivity index (χ1) is 12.9. The molecule has 4 rings (SSSR count). The van der Waals surface area contributed by atoms with Gasteiger partial charge in [-0.25, -0.2) is 13.6 Å². The summed E-state index contributed by atoms with van der Waals surface area (Å²) in [6, 6.07) is -0.121. The summed E-state index contributed by atoms with van der Waals surface area (Å²) in [5, 5.41) is 12.1. The van der Waals surface area contributed by atoms with Gasteiger partial charge in [-0.15, -0.1) is 0 Å². The molecule has 1 aliphatic carbocycles. The summed E-state index contributed by atoms with van der Waals surface area (Å²) in [4.78, 5) is 25.6. The Labute approximate surface area is 153 Å². The zero-order chi connectivity index (χ0) is 19.3. The second kappa shape index (κ2) is 6.49. The summed E-state index contributed by atoms with van der Waals surface area (Å²) < 4.78 is 32.0. The molecule has 144 valence electrons. The van der Waals surface area contributed by atoms with E-state index in [0.717, 1.165) is 25.6 Å². The highest BCUT2D eigenvalue weighted by atomic mass is 19.1. The van der Waals surface area contributed by atoms with Gasteiger partial charge in [-0.1, -0.05) is 0 Å². The van der Waals surface area contributed by atoms with Crippen molar-refractivity contribution in [2.75, 3.05) is 36.8 Å². The Morgan fingerprint density at radius 1 is 1.22 bits per heavy atom. The number of nitrogens with two attached hydrogens (primary N) is 1. The molecule has 1 saturated carbocycles. The lowest BCUT2D eigenvalue weighted by atomic mass is 10.1. The molecule has 2 fully saturated rings. The van der Waals surface area contributed by atoms with E-state index in [4.69, 9.17) is 5.73 Å². The number of carboxylic acid groups (broad SMARTS) is 1. The number of carboxylic acids is 1. The molecule has 0 unspecified atom stereocenters.